The fraction of sp³-hybridized carbons (Fsp3) is 0.875. The number of rotatable bonds is 4. The number of carbonyl (C=O) groups excluding carboxylic acids is 2. The van der Waals surface area contributed by atoms with Crippen molar-refractivity contribution in [1.82, 2.24) is 5.32 Å². The van der Waals surface area contributed by atoms with Gasteiger partial charge < -0.3 is 14.8 Å². The maximum absolute atomic E-state index is 10.7. The molecule has 0 radical (unpaired) electrons. The standard InChI is InChI=1S/C7H13NO3.C6H14.C2H6.CH4/c1-7(2,3)11-6(10)8-4-5-9;1-4-6(3)5-2;1-2;/h5H,4H2,1-3H3,(H,8,10);6H,4-5H2,1-3H3;1-2H3;1H4. The molecule has 0 aromatic heterocycles. The largest absolute Gasteiger partial charge is 0.444 e. The molecule has 0 saturated heterocycles. The van der Waals surface area contributed by atoms with Gasteiger partial charge in [0.15, 0.2) is 0 Å². The van der Waals surface area contributed by atoms with E-state index in [2.05, 4.69) is 26.1 Å². The normalized spacial score (nSPS) is 9.05. The minimum Gasteiger partial charge on any atom is -0.444 e. The number of nitrogens with one attached hydrogen (secondary N) is 1. The quantitative estimate of drug-likeness (QED) is 0.756. The van der Waals surface area contributed by atoms with Crippen LogP contribution in [0.4, 0.5) is 4.79 Å². The second kappa shape index (κ2) is 17.9. The molecule has 0 heterocycles. The maximum Gasteiger partial charge on any atom is 0.408 e. The Kier molecular flexibility index (Phi) is 24.5. The van der Waals surface area contributed by atoms with E-state index in [0.717, 1.165) is 5.92 Å². The summed E-state index contributed by atoms with van der Waals surface area (Å²) in [6, 6.07) is 0. The molecule has 0 rings (SSSR count). The first-order chi connectivity index (χ1) is 8.76. The van der Waals surface area contributed by atoms with Gasteiger partial charge in [-0.3, -0.25) is 0 Å². The van der Waals surface area contributed by atoms with Gasteiger partial charge in [-0.2, -0.15) is 0 Å². The third-order valence-electron chi connectivity index (χ3n) is 2.12. The molecule has 4 nitrogen and oxygen atoms in total. The van der Waals surface area contributed by atoms with Crippen molar-refractivity contribution in [3.8, 4) is 0 Å². The third kappa shape index (κ3) is 30.2. The molecule has 0 unspecified atom stereocenters. The first-order valence-corrected chi connectivity index (χ1v) is 7.17. The molecule has 0 aromatic rings. The molecule has 0 aliphatic heterocycles. The Morgan fingerprint density at radius 2 is 1.60 bits per heavy atom. The minimum atomic E-state index is -0.565. The molecule has 0 saturated carbocycles. The van der Waals surface area contributed by atoms with E-state index in [0.29, 0.717) is 6.29 Å². The van der Waals surface area contributed by atoms with E-state index in [9.17, 15) is 9.59 Å². The second-order valence-corrected chi connectivity index (χ2v) is 4.97. The first-order valence-electron chi connectivity index (χ1n) is 7.17. The van der Waals surface area contributed by atoms with Crippen LogP contribution in [0.5, 0.6) is 0 Å². The maximum atomic E-state index is 10.7. The summed E-state index contributed by atoms with van der Waals surface area (Å²) in [6.07, 6.45) is 2.70. The second-order valence-electron chi connectivity index (χ2n) is 4.97. The number of aldehydes is 1. The van der Waals surface area contributed by atoms with Gasteiger partial charge in [-0.1, -0.05) is 54.9 Å². The van der Waals surface area contributed by atoms with Crippen molar-refractivity contribution in [3.05, 3.63) is 0 Å². The number of alkyl carbamates (subject to hydrolysis) is 1. The Morgan fingerprint density at radius 1 is 1.20 bits per heavy atom. The molecule has 1 amide bonds. The summed E-state index contributed by atoms with van der Waals surface area (Å²) in [4.78, 5) is 20.5. The van der Waals surface area contributed by atoms with Crippen molar-refractivity contribution < 1.29 is 14.3 Å². The van der Waals surface area contributed by atoms with Crippen LogP contribution in [0.3, 0.4) is 0 Å². The molecule has 0 fully saturated rings. The van der Waals surface area contributed by atoms with Crippen molar-refractivity contribution in [3.63, 3.8) is 0 Å². The van der Waals surface area contributed by atoms with Gasteiger partial charge in [-0.25, -0.2) is 4.79 Å². The Hall–Kier alpha value is -1.06. The number of amides is 1. The van der Waals surface area contributed by atoms with Crippen LogP contribution in [-0.4, -0.2) is 24.5 Å². The van der Waals surface area contributed by atoms with Gasteiger partial charge in [0.05, 0.1) is 6.54 Å². The summed E-state index contributed by atoms with van der Waals surface area (Å²) in [5, 5.41) is 2.26. The zero-order chi connectivity index (χ0) is 15.9. The Bertz CT molecular complexity index is 206. The van der Waals surface area contributed by atoms with Gasteiger partial charge in [0.1, 0.15) is 11.9 Å². The van der Waals surface area contributed by atoms with Crippen LogP contribution >= 0.6 is 0 Å². The zero-order valence-corrected chi connectivity index (χ0v) is 14.0. The zero-order valence-electron chi connectivity index (χ0n) is 14.0. The lowest BCUT2D eigenvalue weighted by atomic mass is 10.1. The van der Waals surface area contributed by atoms with Crippen LogP contribution in [0.2, 0.25) is 0 Å². The molecular formula is C16H37NO3. The number of ether oxygens (including phenoxy) is 1. The van der Waals surface area contributed by atoms with E-state index in [1.54, 1.807) is 20.8 Å². The van der Waals surface area contributed by atoms with Crippen molar-refractivity contribution in [1.29, 1.82) is 0 Å². The highest BCUT2D eigenvalue weighted by Crippen LogP contribution is 2.05. The highest BCUT2D eigenvalue weighted by Gasteiger charge is 2.14. The molecule has 0 aliphatic carbocycles. The van der Waals surface area contributed by atoms with E-state index >= 15 is 0 Å². The highest BCUT2D eigenvalue weighted by molar-refractivity contribution is 5.71. The van der Waals surface area contributed by atoms with Crippen molar-refractivity contribution >= 4 is 12.4 Å². The van der Waals surface area contributed by atoms with Crippen LogP contribution in [-0.2, 0) is 9.53 Å². The molecule has 124 valence electrons. The fourth-order valence-electron chi connectivity index (χ4n) is 0.728. The van der Waals surface area contributed by atoms with Crippen LogP contribution in [0.15, 0.2) is 0 Å². The lowest BCUT2D eigenvalue weighted by Crippen LogP contribution is -2.33. The molecule has 20 heavy (non-hydrogen) atoms. The number of carbonyl (C=O) groups is 2. The van der Waals surface area contributed by atoms with Gasteiger partial charge in [-0.05, 0) is 26.7 Å². The van der Waals surface area contributed by atoms with Crippen molar-refractivity contribution in [2.75, 3.05) is 6.54 Å². The summed E-state index contributed by atoms with van der Waals surface area (Å²) in [7, 11) is 0. The molecule has 0 aromatic carbocycles. The molecule has 4 heteroatoms. The summed E-state index contributed by atoms with van der Waals surface area (Å²) in [5.41, 5.74) is -0.507. The molecular weight excluding hydrogens is 254 g/mol. The van der Waals surface area contributed by atoms with Crippen LogP contribution < -0.4 is 5.32 Å². The smallest absolute Gasteiger partial charge is 0.408 e. The Balaban J connectivity index is -0.000000122. The summed E-state index contributed by atoms with van der Waals surface area (Å²) in [6.45, 7) is 16.0. The monoisotopic (exact) mass is 291 g/mol. The average Bonchev–Trinajstić information content (AvgIpc) is 2.36. The van der Waals surface area contributed by atoms with Crippen LogP contribution in [0, 0.1) is 5.92 Å². The predicted octanol–water partition coefficient (Wildman–Crippen LogP) is 4.81. The number of hydrogen-bond acceptors (Lipinski definition) is 3. The van der Waals surface area contributed by atoms with Crippen molar-refractivity contribution in [2.45, 2.75) is 81.3 Å². The third-order valence-corrected chi connectivity index (χ3v) is 2.12. The molecule has 0 bridgehead atoms. The van der Waals surface area contributed by atoms with Crippen LogP contribution in [0.25, 0.3) is 0 Å². The average molecular weight is 291 g/mol. The van der Waals surface area contributed by atoms with Crippen molar-refractivity contribution in [2.24, 2.45) is 5.92 Å². The van der Waals surface area contributed by atoms with Gasteiger partial charge in [0.2, 0.25) is 0 Å². The Labute approximate surface area is 126 Å². The van der Waals surface area contributed by atoms with Gasteiger partial charge in [-0.15, -0.1) is 0 Å². The molecule has 1 N–H and O–H groups in total. The van der Waals surface area contributed by atoms with E-state index in [4.69, 9.17) is 4.74 Å². The predicted molar refractivity (Wildman–Crippen MR) is 88.1 cm³/mol. The summed E-state index contributed by atoms with van der Waals surface area (Å²) >= 11 is 0. The Morgan fingerprint density at radius 3 is 1.80 bits per heavy atom. The lowest BCUT2D eigenvalue weighted by molar-refractivity contribution is -0.107. The SMILES string of the molecule is C.CC.CC(C)(C)OC(=O)NCC=O.CCC(C)CC. The first kappa shape index (κ1) is 27.3. The van der Waals surface area contributed by atoms with E-state index in [1.807, 2.05) is 13.8 Å². The highest BCUT2D eigenvalue weighted by atomic mass is 16.6. The summed E-state index contributed by atoms with van der Waals surface area (Å²) < 4.78 is 4.83. The summed E-state index contributed by atoms with van der Waals surface area (Å²) in [5.74, 6) is 0.935. The van der Waals surface area contributed by atoms with E-state index < -0.39 is 11.7 Å². The van der Waals surface area contributed by atoms with E-state index in [-0.39, 0.29) is 14.0 Å². The molecule has 0 aliphatic rings. The van der Waals surface area contributed by atoms with Gasteiger partial charge in [0, 0.05) is 0 Å². The minimum absolute atomic E-state index is 0. The lowest BCUT2D eigenvalue weighted by Gasteiger charge is -2.18. The molecule has 0 atom stereocenters. The topological polar surface area (TPSA) is 55.4 Å². The fourth-order valence-corrected chi connectivity index (χ4v) is 0.728. The molecule has 0 spiro atoms. The van der Waals surface area contributed by atoms with Gasteiger partial charge in [0.25, 0.3) is 0 Å². The van der Waals surface area contributed by atoms with Gasteiger partial charge >= 0.3 is 6.09 Å². The van der Waals surface area contributed by atoms with E-state index in [1.165, 1.54) is 12.8 Å². The van der Waals surface area contributed by atoms with Crippen LogP contribution in [0.1, 0.15) is 75.7 Å². The number of hydrogen-bond donors (Lipinski definition) is 1.